The molecule has 0 amide bonds. The fourth-order valence-corrected chi connectivity index (χ4v) is 3.08. The second kappa shape index (κ2) is 5.14. The molecule has 0 saturated heterocycles. The lowest BCUT2D eigenvalue weighted by molar-refractivity contribution is 0.199. The van der Waals surface area contributed by atoms with Crippen molar-refractivity contribution in [3.63, 3.8) is 0 Å². The van der Waals surface area contributed by atoms with Crippen LogP contribution in [-0.4, -0.2) is 14.5 Å². The maximum absolute atomic E-state index is 9.44. The summed E-state index contributed by atoms with van der Waals surface area (Å²) in [7, 11) is 0. The van der Waals surface area contributed by atoms with Crippen molar-refractivity contribution in [2.45, 2.75) is 22.3 Å². The maximum atomic E-state index is 9.44. The van der Waals surface area contributed by atoms with E-state index in [1.165, 1.54) is 29.6 Å². The van der Waals surface area contributed by atoms with E-state index in [4.69, 9.17) is 11.6 Å². The van der Waals surface area contributed by atoms with E-state index < -0.39 is 6.10 Å². The summed E-state index contributed by atoms with van der Waals surface area (Å²) >= 11 is 8.91. The summed E-state index contributed by atoms with van der Waals surface area (Å²) < 4.78 is 4.80. The van der Waals surface area contributed by atoms with Gasteiger partial charge < -0.3 is 5.11 Å². The first-order valence-electron chi connectivity index (χ1n) is 4.59. The number of aliphatic hydroxyl groups is 1. The molecule has 0 aliphatic heterocycles. The normalized spacial score (nSPS) is 12.7. The van der Waals surface area contributed by atoms with E-state index in [-0.39, 0.29) is 0 Å². The molecule has 2 aromatic rings. The number of aromatic nitrogens is 2. The Hall–Kier alpha value is -0.620. The highest BCUT2D eigenvalue weighted by Crippen LogP contribution is 2.32. The van der Waals surface area contributed by atoms with E-state index >= 15 is 0 Å². The minimum absolute atomic E-state index is 0.548. The Morgan fingerprint density at radius 3 is 2.88 bits per heavy atom. The summed E-state index contributed by atoms with van der Waals surface area (Å²) in [4.78, 5) is 5.07. The number of rotatable bonds is 3. The van der Waals surface area contributed by atoms with Gasteiger partial charge in [-0.15, -0.1) is 0 Å². The summed E-state index contributed by atoms with van der Waals surface area (Å²) in [5, 5.41) is 10.0. The van der Waals surface area contributed by atoms with Crippen molar-refractivity contribution >= 4 is 34.9 Å². The highest BCUT2D eigenvalue weighted by molar-refractivity contribution is 8.01. The van der Waals surface area contributed by atoms with Gasteiger partial charge in [-0.05, 0) is 36.2 Å². The second-order valence-corrected chi connectivity index (χ2v) is 5.68. The zero-order valence-corrected chi connectivity index (χ0v) is 10.8. The lowest BCUT2D eigenvalue weighted by atomic mass is 10.1. The average Bonchev–Trinajstić information content (AvgIpc) is 2.70. The van der Waals surface area contributed by atoms with Gasteiger partial charge in [0.15, 0.2) is 4.34 Å². The molecule has 0 fully saturated rings. The molecule has 3 nitrogen and oxygen atoms in total. The van der Waals surface area contributed by atoms with Crippen molar-refractivity contribution in [3.05, 3.63) is 35.1 Å². The van der Waals surface area contributed by atoms with Crippen molar-refractivity contribution in [1.29, 1.82) is 0 Å². The zero-order chi connectivity index (χ0) is 11.5. The van der Waals surface area contributed by atoms with Crippen LogP contribution in [0.25, 0.3) is 0 Å². The van der Waals surface area contributed by atoms with Crippen LogP contribution in [0.3, 0.4) is 0 Å². The summed E-state index contributed by atoms with van der Waals surface area (Å²) in [5.74, 6) is 0. The van der Waals surface area contributed by atoms with E-state index in [1.807, 2.05) is 18.2 Å². The quantitative estimate of drug-likeness (QED) is 0.930. The van der Waals surface area contributed by atoms with E-state index in [0.29, 0.717) is 5.02 Å². The molecular formula is C10H9ClN2OS2. The van der Waals surface area contributed by atoms with Crippen LogP contribution >= 0.6 is 34.9 Å². The van der Waals surface area contributed by atoms with Gasteiger partial charge in [0.25, 0.3) is 0 Å². The van der Waals surface area contributed by atoms with Gasteiger partial charge in [-0.25, -0.2) is 4.98 Å². The van der Waals surface area contributed by atoms with Gasteiger partial charge in [-0.2, -0.15) is 4.37 Å². The molecule has 0 saturated carbocycles. The maximum Gasteiger partial charge on any atom is 0.174 e. The topological polar surface area (TPSA) is 46.0 Å². The van der Waals surface area contributed by atoms with Gasteiger partial charge in [0.05, 0.1) is 6.10 Å². The van der Waals surface area contributed by atoms with Gasteiger partial charge in [-0.3, -0.25) is 0 Å². The minimum atomic E-state index is -0.548. The molecule has 6 heteroatoms. The number of halogens is 1. The molecular weight excluding hydrogens is 264 g/mol. The Morgan fingerprint density at radius 2 is 2.31 bits per heavy atom. The Labute approximate surface area is 107 Å². The highest BCUT2D eigenvalue weighted by Gasteiger charge is 2.08. The molecule has 16 heavy (non-hydrogen) atoms. The average molecular weight is 273 g/mol. The molecule has 1 atom stereocenters. The molecule has 0 spiro atoms. The molecule has 1 unspecified atom stereocenters. The number of aliphatic hydroxyl groups excluding tert-OH is 1. The molecule has 1 N–H and O–H groups in total. The third-order valence-corrected chi connectivity index (χ3v) is 4.00. The van der Waals surface area contributed by atoms with E-state index in [2.05, 4.69) is 9.36 Å². The van der Waals surface area contributed by atoms with Crippen LogP contribution in [0.1, 0.15) is 18.6 Å². The van der Waals surface area contributed by atoms with Crippen LogP contribution in [0.15, 0.2) is 33.8 Å². The van der Waals surface area contributed by atoms with Crippen LogP contribution in [0.5, 0.6) is 0 Å². The molecule has 0 bridgehead atoms. The molecule has 2 rings (SSSR count). The Balaban J connectivity index is 2.21. The summed E-state index contributed by atoms with van der Waals surface area (Å²) in [6, 6.07) is 5.58. The third kappa shape index (κ3) is 2.74. The lowest BCUT2D eigenvalue weighted by Gasteiger charge is -2.08. The van der Waals surface area contributed by atoms with Crippen molar-refractivity contribution in [1.82, 2.24) is 9.36 Å². The van der Waals surface area contributed by atoms with E-state index in [9.17, 15) is 5.11 Å². The summed E-state index contributed by atoms with van der Waals surface area (Å²) in [6.45, 7) is 1.69. The van der Waals surface area contributed by atoms with Crippen molar-refractivity contribution < 1.29 is 5.11 Å². The van der Waals surface area contributed by atoms with Crippen molar-refractivity contribution in [2.75, 3.05) is 0 Å². The van der Waals surface area contributed by atoms with Gasteiger partial charge in [0.2, 0.25) is 0 Å². The standard InChI is InChI=1S/C10H9ClN2OS2/c1-6(14)8-3-2-7(4-9(8)11)15-10-12-5-13-16-10/h2-6,14H,1H3. The van der Waals surface area contributed by atoms with Crippen LogP contribution in [-0.2, 0) is 0 Å². The monoisotopic (exact) mass is 272 g/mol. The fourth-order valence-electron chi connectivity index (χ4n) is 1.22. The SMILES string of the molecule is CC(O)c1ccc(Sc2ncns2)cc1Cl. The van der Waals surface area contributed by atoms with Crippen LogP contribution < -0.4 is 0 Å². The third-order valence-electron chi connectivity index (χ3n) is 1.97. The predicted molar refractivity (Wildman–Crippen MR) is 66.1 cm³/mol. The first-order valence-corrected chi connectivity index (χ1v) is 6.55. The van der Waals surface area contributed by atoms with Gasteiger partial charge >= 0.3 is 0 Å². The zero-order valence-electron chi connectivity index (χ0n) is 8.42. The molecule has 84 valence electrons. The van der Waals surface area contributed by atoms with Crippen molar-refractivity contribution in [2.24, 2.45) is 0 Å². The van der Waals surface area contributed by atoms with Crippen LogP contribution in [0.2, 0.25) is 5.02 Å². The minimum Gasteiger partial charge on any atom is -0.389 e. The Bertz CT molecular complexity index is 474. The first kappa shape index (κ1) is 11.9. The number of benzene rings is 1. The largest absolute Gasteiger partial charge is 0.389 e. The molecule has 0 radical (unpaired) electrons. The Kier molecular flexibility index (Phi) is 3.81. The highest BCUT2D eigenvalue weighted by atomic mass is 35.5. The smallest absolute Gasteiger partial charge is 0.174 e. The number of hydrogen-bond donors (Lipinski definition) is 1. The molecule has 1 heterocycles. The van der Waals surface area contributed by atoms with Gasteiger partial charge in [0.1, 0.15) is 6.33 Å². The summed E-state index contributed by atoms with van der Waals surface area (Å²) in [6.07, 6.45) is 0.978. The molecule has 0 aliphatic carbocycles. The molecule has 1 aromatic heterocycles. The van der Waals surface area contributed by atoms with Crippen LogP contribution in [0.4, 0.5) is 0 Å². The van der Waals surface area contributed by atoms with Gasteiger partial charge in [0, 0.05) is 9.92 Å². The number of nitrogens with zero attached hydrogens (tertiary/aromatic N) is 2. The molecule has 1 aromatic carbocycles. The van der Waals surface area contributed by atoms with Gasteiger partial charge in [-0.1, -0.05) is 29.4 Å². The van der Waals surface area contributed by atoms with Crippen molar-refractivity contribution in [3.8, 4) is 0 Å². The molecule has 0 aliphatic rings. The predicted octanol–water partition coefficient (Wildman–Crippen LogP) is 3.40. The first-order chi connectivity index (χ1) is 7.66. The Morgan fingerprint density at radius 1 is 1.50 bits per heavy atom. The number of hydrogen-bond acceptors (Lipinski definition) is 5. The fraction of sp³-hybridized carbons (Fsp3) is 0.200. The van der Waals surface area contributed by atoms with Crippen LogP contribution in [0, 0.1) is 0 Å². The van der Waals surface area contributed by atoms with E-state index in [0.717, 1.165) is 14.8 Å². The summed E-state index contributed by atoms with van der Waals surface area (Å²) in [5.41, 5.74) is 0.739. The lowest BCUT2D eigenvalue weighted by Crippen LogP contribution is -1.91. The second-order valence-electron chi connectivity index (χ2n) is 3.17. The van der Waals surface area contributed by atoms with E-state index in [1.54, 1.807) is 6.92 Å².